The number of esters is 1. The van der Waals surface area contributed by atoms with Gasteiger partial charge in [-0.1, -0.05) is 17.7 Å². The van der Waals surface area contributed by atoms with Crippen molar-refractivity contribution in [2.45, 2.75) is 13.3 Å². The number of amides is 1. The molecule has 1 amide bonds. The lowest BCUT2D eigenvalue weighted by atomic mass is 10.2. The zero-order chi connectivity index (χ0) is 19.6. The molecule has 2 aromatic heterocycles. The van der Waals surface area contributed by atoms with E-state index in [1.807, 2.05) is 0 Å². The van der Waals surface area contributed by atoms with Crippen LogP contribution in [0.4, 0.5) is 10.2 Å². The summed E-state index contributed by atoms with van der Waals surface area (Å²) in [4.78, 5) is 28.9. The molecule has 0 radical (unpaired) electrons. The lowest BCUT2D eigenvalue weighted by Crippen LogP contribution is -2.18. The second-order valence-corrected chi connectivity index (χ2v) is 6.84. The van der Waals surface area contributed by atoms with E-state index in [2.05, 4.69) is 26.2 Å². The Morgan fingerprint density at radius 1 is 1.33 bits per heavy atom. The van der Waals surface area contributed by atoms with Crippen LogP contribution in [-0.4, -0.2) is 27.9 Å². The Kier molecular flexibility index (Phi) is 5.76. The van der Waals surface area contributed by atoms with E-state index in [0.29, 0.717) is 11.3 Å². The topological polar surface area (TPSA) is 72.7 Å². The van der Waals surface area contributed by atoms with Crippen molar-refractivity contribution < 1.29 is 18.7 Å². The van der Waals surface area contributed by atoms with Crippen LogP contribution < -0.4 is 5.32 Å². The van der Waals surface area contributed by atoms with Gasteiger partial charge in [0.05, 0.1) is 29.3 Å². The molecule has 1 N–H and O–H groups in total. The zero-order valence-corrected chi connectivity index (χ0v) is 16.5. The molecule has 0 aliphatic heterocycles. The van der Waals surface area contributed by atoms with Crippen molar-refractivity contribution in [3.05, 3.63) is 63.1 Å². The number of hydrogen-bond donors (Lipinski definition) is 1. The second-order valence-electron chi connectivity index (χ2n) is 5.52. The van der Waals surface area contributed by atoms with Gasteiger partial charge in [-0.05, 0) is 47.1 Å². The van der Waals surface area contributed by atoms with Crippen LogP contribution in [0.1, 0.15) is 23.0 Å². The molecule has 0 fully saturated rings. The predicted molar refractivity (Wildman–Crippen MR) is 103 cm³/mol. The molecule has 0 aliphatic carbocycles. The van der Waals surface area contributed by atoms with E-state index in [0.717, 1.165) is 10.5 Å². The second kappa shape index (κ2) is 8.06. The number of anilines is 1. The van der Waals surface area contributed by atoms with Crippen molar-refractivity contribution in [2.75, 3.05) is 11.9 Å². The number of nitrogens with one attached hydrogen (secondary N) is 1. The highest BCUT2D eigenvalue weighted by atomic mass is 79.9. The van der Waals surface area contributed by atoms with E-state index in [1.54, 1.807) is 29.7 Å². The Balaban J connectivity index is 2.04. The van der Waals surface area contributed by atoms with Crippen molar-refractivity contribution in [1.29, 1.82) is 0 Å². The highest BCUT2D eigenvalue weighted by Crippen LogP contribution is 2.25. The SMILES string of the molecule is CCOC(=O)Cc1nc2ccc(Br)cn2c1NC(=O)c1c(F)cccc1Cl. The van der Waals surface area contributed by atoms with Crippen LogP contribution in [0.25, 0.3) is 5.65 Å². The Hall–Kier alpha value is -2.45. The fourth-order valence-corrected chi connectivity index (χ4v) is 3.14. The smallest absolute Gasteiger partial charge is 0.312 e. The minimum Gasteiger partial charge on any atom is -0.466 e. The van der Waals surface area contributed by atoms with Gasteiger partial charge in [-0.3, -0.25) is 14.0 Å². The predicted octanol–water partition coefficient (Wildman–Crippen LogP) is 4.25. The Bertz CT molecular complexity index is 1020. The molecule has 0 bridgehead atoms. The quantitative estimate of drug-likeness (QED) is 0.585. The van der Waals surface area contributed by atoms with E-state index >= 15 is 0 Å². The third kappa shape index (κ3) is 4.12. The maximum Gasteiger partial charge on any atom is 0.312 e. The number of benzene rings is 1. The molecule has 3 aromatic rings. The lowest BCUT2D eigenvalue weighted by molar-refractivity contribution is -0.142. The summed E-state index contributed by atoms with van der Waals surface area (Å²) in [5.74, 6) is -1.74. The van der Waals surface area contributed by atoms with Gasteiger partial charge in [-0.15, -0.1) is 0 Å². The molecule has 0 saturated carbocycles. The van der Waals surface area contributed by atoms with Gasteiger partial charge >= 0.3 is 5.97 Å². The number of ether oxygens (including phenoxy) is 1. The summed E-state index contributed by atoms with van der Waals surface area (Å²) >= 11 is 9.32. The molecule has 1 aromatic carbocycles. The molecular weight excluding hydrogens is 441 g/mol. The third-order valence-electron chi connectivity index (χ3n) is 3.69. The first-order chi connectivity index (χ1) is 12.9. The summed E-state index contributed by atoms with van der Waals surface area (Å²) in [6.45, 7) is 1.92. The number of pyridine rings is 1. The molecule has 0 atom stereocenters. The number of aromatic nitrogens is 2. The molecule has 140 valence electrons. The number of hydrogen-bond acceptors (Lipinski definition) is 4. The van der Waals surface area contributed by atoms with Crippen LogP contribution in [-0.2, 0) is 16.0 Å². The summed E-state index contributed by atoms with van der Waals surface area (Å²) in [6.07, 6.45) is 1.53. The fourth-order valence-electron chi connectivity index (χ4n) is 2.56. The van der Waals surface area contributed by atoms with E-state index < -0.39 is 17.7 Å². The first kappa shape index (κ1) is 19.3. The van der Waals surface area contributed by atoms with Crippen LogP contribution in [0.5, 0.6) is 0 Å². The van der Waals surface area contributed by atoms with Crippen molar-refractivity contribution in [3.8, 4) is 0 Å². The molecule has 2 heterocycles. The van der Waals surface area contributed by atoms with Crippen molar-refractivity contribution in [3.63, 3.8) is 0 Å². The van der Waals surface area contributed by atoms with Crippen LogP contribution in [0, 0.1) is 5.82 Å². The number of carbonyl (C=O) groups excluding carboxylic acids is 2. The van der Waals surface area contributed by atoms with E-state index in [4.69, 9.17) is 16.3 Å². The number of carbonyl (C=O) groups is 2. The fraction of sp³-hybridized carbons (Fsp3) is 0.167. The summed E-state index contributed by atoms with van der Waals surface area (Å²) in [7, 11) is 0. The van der Waals surface area contributed by atoms with Crippen molar-refractivity contribution in [1.82, 2.24) is 9.38 Å². The van der Waals surface area contributed by atoms with Gasteiger partial charge < -0.3 is 10.1 Å². The van der Waals surface area contributed by atoms with Gasteiger partial charge in [0.25, 0.3) is 5.91 Å². The molecule has 3 rings (SSSR count). The van der Waals surface area contributed by atoms with E-state index in [1.165, 1.54) is 12.1 Å². The van der Waals surface area contributed by atoms with Crippen molar-refractivity contribution >= 4 is 50.9 Å². The van der Waals surface area contributed by atoms with Crippen LogP contribution in [0.15, 0.2) is 41.0 Å². The number of rotatable bonds is 5. The van der Waals surface area contributed by atoms with E-state index in [9.17, 15) is 14.0 Å². The Morgan fingerprint density at radius 3 is 2.81 bits per heavy atom. The molecule has 0 saturated heterocycles. The number of imidazole rings is 1. The van der Waals surface area contributed by atoms with E-state index in [-0.39, 0.29) is 29.4 Å². The van der Waals surface area contributed by atoms with Crippen LogP contribution in [0.2, 0.25) is 5.02 Å². The lowest BCUT2D eigenvalue weighted by Gasteiger charge is -2.10. The molecule has 0 unspecified atom stereocenters. The number of halogens is 3. The third-order valence-corrected chi connectivity index (χ3v) is 4.48. The number of nitrogens with zero attached hydrogens (tertiary/aromatic N) is 2. The highest BCUT2D eigenvalue weighted by Gasteiger charge is 2.22. The summed E-state index contributed by atoms with van der Waals surface area (Å²) in [5.41, 5.74) is 0.519. The van der Waals surface area contributed by atoms with Gasteiger partial charge in [0.2, 0.25) is 0 Å². The maximum absolute atomic E-state index is 14.1. The largest absolute Gasteiger partial charge is 0.466 e. The van der Waals surface area contributed by atoms with Gasteiger partial charge in [0, 0.05) is 10.7 Å². The van der Waals surface area contributed by atoms with Gasteiger partial charge in [0.1, 0.15) is 17.3 Å². The zero-order valence-electron chi connectivity index (χ0n) is 14.1. The summed E-state index contributed by atoms with van der Waals surface area (Å²) in [6, 6.07) is 7.46. The monoisotopic (exact) mass is 453 g/mol. The molecule has 6 nitrogen and oxygen atoms in total. The van der Waals surface area contributed by atoms with Crippen LogP contribution >= 0.6 is 27.5 Å². The van der Waals surface area contributed by atoms with Gasteiger partial charge in [0.15, 0.2) is 0 Å². The normalized spacial score (nSPS) is 10.8. The minimum atomic E-state index is -0.748. The van der Waals surface area contributed by atoms with Crippen LogP contribution in [0.3, 0.4) is 0 Å². The average Bonchev–Trinajstić information content (AvgIpc) is 2.91. The Labute approximate surface area is 167 Å². The molecular formula is C18H14BrClFN3O3. The van der Waals surface area contributed by atoms with Crippen molar-refractivity contribution in [2.24, 2.45) is 0 Å². The maximum atomic E-state index is 14.1. The Morgan fingerprint density at radius 2 is 2.11 bits per heavy atom. The molecule has 9 heteroatoms. The van der Waals surface area contributed by atoms with Gasteiger partial charge in [-0.2, -0.15) is 0 Å². The molecule has 27 heavy (non-hydrogen) atoms. The molecule has 0 spiro atoms. The molecule has 0 aliphatic rings. The minimum absolute atomic E-state index is 0.0190. The highest BCUT2D eigenvalue weighted by molar-refractivity contribution is 9.10. The first-order valence-electron chi connectivity index (χ1n) is 7.98. The summed E-state index contributed by atoms with van der Waals surface area (Å²) in [5, 5.41) is 2.60. The average molecular weight is 455 g/mol. The first-order valence-corrected chi connectivity index (χ1v) is 9.15. The van der Waals surface area contributed by atoms with Gasteiger partial charge in [-0.25, -0.2) is 9.37 Å². The number of fused-ring (bicyclic) bond motifs is 1. The summed E-state index contributed by atoms with van der Waals surface area (Å²) < 4.78 is 21.3. The standard InChI is InChI=1S/C18H14BrClFN3O3/c1-2-27-15(25)8-13-17(24-9-10(19)6-7-14(24)22-13)23-18(26)16-11(20)4-3-5-12(16)21/h3-7,9H,2,8H2,1H3,(H,23,26).